The van der Waals surface area contributed by atoms with Crippen molar-refractivity contribution in [2.45, 2.75) is 18.8 Å². The average Bonchev–Trinajstić information content (AvgIpc) is 2.90. The zero-order chi connectivity index (χ0) is 11.5. The third-order valence-electron chi connectivity index (χ3n) is 3.35. The average molecular weight is 228 g/mol. The van der Waals surface area contributed by atoms with Crippen LogP contribution in [0.4, 0.5) is 0 Å². The van der Waals surface area contributed by atoms with Gasteiger partial charge in [-0.2, -0.15) is 0 Å². The number of hydrogen-bond acceptors (Lipinski definition) is 3. The summed E-state index contributed by atoms with van der Waals surface area (Å²) in [4.78, 5) is 0. The van der Waals surface area contributed by atoms with Crippen molar-refractivity contribution in [2.75, 3.05) is 13.1 Å². The van der Waals surface area contributed by atoms with Gasteiger partial charge in [-0.3, -0.25) is 0 Å². The minimum absolute atomic E-state index is 0.460. The van der Waals surface area contributed by atoms with E-state index < -0.39 is 0 Å². The molecule has 0 spiro atoms. The number of benzene rings is 1. The van der Waals surface area contributed by atoms with Gasteiger partial charge in [-0.25, -0.2) is 0 Å². The number of piperidine rings is 1. The van der Waals surface area contributed by atoms with E-state index in [2.05, 4.69) is 22.6 Å². The van der Waals surface area contributed by atoms with Crippen LogP contribution in [0.5, 0.6) is 0 Å². The van der Waals surface area contributed by atoms with Gasteiger partial charge in [0.1, 0.15) is 5.76 Å². The summed E-state index contributed by atoms with van der Waals surface area (Å²) < 4.78 is 5.47. The highest BCUT2D eigenvalue weighted by Gasteiger charge is 2.22. The zero-order valence-corrected chi connectivity index (χ0v) is 9.73. The summed E-state index contributed by atoms with van der Waals surface area (Å²) in [5.41, 5.74) is 2.33. The molecule has 1 saturated heterocycles. The SMILES string of the molecule is c1ccc(-c2cnoc2C2CCCNC2)cc1. The molecule has 17 heavy (non-hydrogen) atoms. The summed E-state index contributed by atoms with van der Waals surface area (Å²) in [6.07, 6.45) is 4.22. The molecular formula is C14H16N2O. The zero-order valence-electron chi connectivity index (χ0n) is 9.73. The number of nitrogens with zero attached hydrogens (tertiary/aromatic N) is 1. The monoisotopic (exact) mass is 228 g/mol. The largest absolute Gasteiger partial charge is 0.360 e. The van der Waals surface area contributed by atoms with Crippen LogP contribution in [0.15, 0.2) is 41.1 Å². The highest BCUT2D eigenvalue weighted by molar-refractivity contribution is 5.64. The van der Waals surface area contributed by atoms with E-state index in [1.807, 2.05) is 24.4 Å². The summed E-state index contributed by atoms with van der Waals surface area (Å²) in [6, 6.07) is 10.3. The van der Waals surface area contributed by atoms with E-state index >= 15 is 0 Å². The molecule has 1 unspecified atom stereocenters. The molecule has 0 amide bonds. The first-order valence-electron chi connectivity index (χ1n) is 6.16. The van der Waals surface area contributed by atoms with Gasteiger partial charge in [0.05, 0.1) is 6.20 Å². The van der Waals surface area contributed by atoms with E-state index in [0.29, 0.717) is 5.92 Å². The molecule has 1 fully saturated rings. The van der Waals surface area contributed by atoms with Gasteiger partial charge in [0.25, 0.3) is 0 Å². The highest BCUT2D eigenvalue weighted by Crippen LogP contribution is 2.32. The Balaban J connectivity index is 1.93. The lowest BCUT2D eigenvalue weighted by Gasteiger charge is -2.21. The third kappa shape index (κ3) is 2.11. The Labute approximate surface area is 101 Å². The Morgan fingerprint density at radius 1 is 1.24 bits per heavy atom. The fourth-order valence-electron chi connectivity index (χ4n) is 2.45. The molecule has 1 aromatic heterocycles. The number of nitrogens with one attached hydrogen (secondary N) is 1. The van der Waals surface area contributed by atoms with Crippen molar-refractivity contribution >= 4 is 0 Å². The van der Waals surface area contributed by atoms with Crippen LogP contribution < -0.4 is 5.32 Å². The minimum Gasteiger partial charge on any atom is -0.360 e. The van der Waals surface area contributed by atoms with Gasteiger partial charge in [-0.05, 0) is 24.9 Å². The lowest BCUT2D eigenvalue weighted by Crippen LogP contribution is -2.28. The topological polar surface area (TPSA) is 38.1 Å². The van der Waals surface area contributed by atoms with Crippen molar-refractivity contribution in [3.05, 3.63) is 42.3 Å². The molecular weight excluding hydrogens is 212 g/mol. The fraction of sp³-hybridized carbons (Fsp3) is 0.357. The maximum atomic E-state index is 5.47. The normalized spacial score (nSPS) is 20.4. The van der Waals surface area contributed by atoms with Crippen LogP contribution in [0, 0.1) is 0 Å². The third-order valence-corrected chi connectivity index (χ3v) is 3.35. The van der Waals surface area contributed by atoms with E-state index in [9.17, 15) is 0 Å². The number of hydrogen-bond donors (Lipinski definition) is 1. The maximum Gasteiger partial charge on any atom is 0.148 e. The van der Waals surface area contributed by atoms with Crippen molar-refractivity contribution in [2.24, 2.45) is 0 Å². The predicted octanol–water partition coefficient (Wildman–Crippen LogP) is 2.81. The maximum absolute atomic E-state index is 5.47. The standard InChI is InChI=1S/C14H16N2O/c1-2-5-11(6-3-1)13-10-16-17-14(13)12-7-4-8-15-9-12/h1-3,5-6,10,12,15H,4,7-9H2. The first-order chi connectivity index (χ1) is 8.45. The van der Waals surface area contributed by atoms with Crippen LogP contribution in [-0.2, 0) is 0 Å². The van der Waals surface area contributed by atoms with Crippen molar-refractivity contribution in [1.82, 2.24) is 10.5 Å². The molecule has 2 aromatic rings. The Kier molecular flexibility index (Phi) is 2.92. The minimum atomic E-state index is 0.460. The van der Waals surface area contributed by atoms with Gasteiger partial charge in [0.15, 0.2) is 0 Å². The van der Waals surface area contributed by atoms with Crippen molar-refractivity contribution in [3.8, 4) is 11.1 Å². The summed E-state index contributed by atoms with van der Waals surface area (Å²) in [5, 5.41) is 7.38. The Morgan fingerprint density at radius 2 is 2.12 bits per heavy atom. The van der Waals surface area contributed by atoms with Crippen molar-refractivity contribution in [1.29, 1.82) is 0 Å². The van der Waals surface area contributed by atoms with Crippen LogP contribution in [0.2, 0.25) is 0 Å². The molecule has 1 N–H and O–H groups in total. The van der Waals surface area contributed by atoms with Crippen molar-refractivity contribution < 1.29 is 4.52 Å². The van der Waals surface area contributed by atoms with Gasteiger partial charge in [-0.15, -0.1) is 0 Å². The van der Waals surface area contributed by atoms with Gasteiger partial charge < -0.3 is 9.84 Å². The highest BCUT2D eigenvalue weighted by atomic mass is 16.5. The van der Waals surface area contributed by atoms with E-state index in [-0.39, 0.29) is 0 Å². The Morgan fingerprint density at radius 3 is 2.88 bits per heavy atom. The Hall–Kier alpha value is -1.61. The first kappa shape index (κ1) is 10.5. The second kappa shape index (κ2) is 4.72. The molecule has 1 atom stereocenters. The Bertz CT molecular complexity index is 472. The quantitative estimate of drug-likeness (QED) is 0.859. The molecule has 0 bridgehead atoms. The number of aromatic nitrogens is 1. The smallest absolute Gasteiger partial charge is 0.148 e. The van der Waals surface area contributed by atoms with Crippen LogP contribution in [0.3, 0.4) is 0 Å². The second-order valence-corrected chi connectivity index (χ2v) is 4.51. The van der Waals surface area contributed by atoms with Gasteiger partial charge >= 0.3 is 0 Å². The fourth-order valence-corrected chi connectivity index (χ4v) is 2.45. The first-order valence-corrected chi connectivity index (χ1v) is 6.16. The number of rotatable bonds is 2. The molecule has 0 radical (unpaired) electrons. The molecule has 0 aliphatic carbocycles. The molecule has 2 heterocycles. The van der Waals surface area contributed by atoms with E-state index in [4.69, 9.17) is 4.52 Å². The molecule has 1 aliphatic heterocycles. The summed E-state index contributed by atoms with van der Waals surface area (Å²) in [7, 11) is 0. The van der Waals surface area contributed by atoms with Crippen molar-refractivity contribution in [3.63, 3.8) is 0 Å². The van der Waals surface area contributed by atoms with Gasteiger partial charge in [-0.1, -0.05) is 35.5 Å². The van der Waals surface area contributed by atoms with Crippen LogP contribution >= 0.6 is 0 Å². The van der Waals surface area contributed by atoms with Crippen LogP contribution in [0.25, 0.3) is 11.1 Å². The second-order valence-electron chi connectivity index (χ2n) is 4.51. The molecule has 3 rings (SSSR count). The molecule has 88 valence electrons. The van der Waals surface area contributed by atoms with E-state index in [1.165, 1.54) is 18.4 Å². The molecule has 3 heteroatoms. The van der Waals surface area contributed by atoms with Crippen LogP contribution in [0.1, 0.15) is 24.5 Å². The van der Waals surface area contributed by atoms with E-state index in [0.717, 1.165) is 24.4 Å². The summed E-state index contributed by atoms with van der Waals surface area (Å²) in [6.45, 7) is 2.11. The summed E-state index contributed by atoms with van der Waals surface area (Å²) >= 11 is 0. The molecule has 1 aromatic carbocycles. The van der Waals surface area contributed by atoms with E-state index in [1.54, 1.807) is 0 Å². The predicted molar refractivity (Wildman–Crippen MR) is 66.8 cm³/mol. The van der Waals surface area contributed by atoms with Gasteiger partial charge in [0, 0.05) is 18.0 Å². The lowest BCUT2D eigenvalue weighted by molar-refractivity contribution is 0.330. The van der Waals surface area contributed by atoms with Crippen LogP contribution in [-0.4, -0.2) is 18.2 Å². The summed E-state index contributed by atoms with van der Waals surface area (Å²) in [5.74, 6) is 1.49. The lowest BCUT2D eigenvalue weighted by atomic mass is 9.92. The molecule has 0 saturated carbocycles. The van der Waals surface area contributed by atoms with Gasteiger partial charge in [0.2, 0.25) is 0 Å². The molecule has 3 nitrogen and oxygen atoms in total. The molecule has 1 aliphatic rings.